The highest BCUT2D eigenvalue weighted by Crippen LogP contribution is 2.18. The Morgan fingerprint density at radius 2 is 2.29 bits per heavy atom. The summed E-state index contributed by atoms with van der Waals surface area (Å²) >= 11 is 0. The molecule has 0 fully saturated rings. The van der Waals surface area contributed by atoms with E-state index in [9.17, 15) is 5.11 Å². The van der Waals surface area contributed by atoms with E-state index in [-0.39, 0.29) is 0 Å². The van der Waals surface area contributed by atoms with Gasteiger partial charge in [0.2, 0.25) is 0 Å². The van der Waals surface area contributed by atoms with Gasteiger partial charge in [0, 0.05) is 6.54 Å². The van der Waals surface area contributed by atoms with E-state index in [0.717, 1.165) is 0 Å². The van der Waals surface area contributed by atoms with Gasteiger partial charge in [-0.15, -0.1) is 5.10 Å². The molecule has 1 heterocycles. The van der Waals surface area contributed by atoms with Gasteiger partial charge in [-0.05, 0) is 20.3 Å². The van der Waals surface area contributed by atoms with Gasteiger partial charge in [-0.3, -0.25) is 4.68 Å². The van der Waals surface area contributed by atoms with E-state index in [4.69, 9.17) is 10.5 Å². The predicted octanol–water partition coefficient (Wildman–Crippen LogP) is 0.635. The Morgan fingerprint density at radius 1 is 1.64 bits per heavy atom. The molecule has 1 aromatic rings. The Bertz CT molecular complexity index is 301. The fourth-order valence-electron chi connectivity index (χ4n) is 1.08. The largest absolute Gasteiger partial charge is 0.478 e. The molecule has 3 N–H and O–H groups in total. The molecule has 0 aromatic carbocycles. The molecular formula is C9H17N3O2. The third-order valence-corrected chi connectivity index (χ3v) is 1.90. The minimum atomic E-state index is -0.687. The van der Waals surface area contributed by atoms with E-state index in [1.54, 1.807) is 24.7 Å². The number of anilines is 1. The van der Waals surface area contributed by atoms with Crippen LogP contribution in [0.5, 0.6) is 5.88 Å². The second kappa shape index (κ2) is 3.88. The molecule has 0 aliphatic rings. The molecule has 5 nitrogen and oxygen atoms in total. The van der Waals surface area contributed by atoms with Crippen LogP contribution < -0.4 is 10.5 Å². The van der Waals surface area contributed by atoms with Gasteiger partial charge in [-0.25, -0.2) is 0 Å². The van der Waals surface area contributed by atoms with Crippen LogP contribution in [0, 0.1) is 0 Å². The van der Waals surface area contributed by atoms with E-state index in [1.807, 2.05) is 0 Å². The van der Waals surface area contributed by atoms with Crippen molar-refractivity contribution in [2.24, 2.45) is 0 Å². The Hall–Kier alpha value is -1.23. The number of aryl methyl sites for hydroxylation is 1. The minimum absolute atomic E-state index is 0.431. The lowest BCUT2D eigenvalue weighted by Gasteiger charge is -2.16. The molecular weight excluding hydrogens is 182 g/mol. The van der Waals surface area contributed by atoms with Crippen LogP contribution in [0.4, 0.5) is 5.69 Å². The van der Waals surface area contributed by atoms with Gasteiger partial charge in [-0.1, -0.05) is 0 Å². The van der Waals surface area contributed by atoms with Crippen molar-refractivity contribution in [3.05, 3.63) is 6.20 Å². The quantitative estimate of drug-likeness (QED) is 0.746. The summed E-state index contributed by atoms with van der Waals surface area (Å²) in [7, 11) is 1.53. The molecule has 0 saturated carbocycles. The summed E-state index contributed by atoms with van der Waals surface area (Å²) in [6, 6.07) is 0. The lowest BCUT2D eigenvalue weighted by molar-refractivity contribution is 0.0650. The SMILES string of the molecule is COc1nn(CCC(C)(C)O)cc1N. The third-order valence-electron chi connectivity index (χ3n) is 1.90. The Balaban J connectivity index is 2.60. The van der Waals surface area contributed by atoms with Crippen LogP contribution in [0.15, 0.2) is 6.20 Å². The highest BCUT2D eigenvalue weighted by atomic mass is 16.5. The number of rotatable bonds is 4. The van der Waals surface area contributed by atoms with Crippen molar-refractivity contribution in [1.82, 2.24) is 9.78 Å². The maximum absolute atomic E-state index is 9.51. The number of hydrogen-bond acceptors (Lipinski definition) is 4. The smallest absolute Gasteiger partial charge is 0.255 e. The van der Waals surface area contributed by atoms with Gasteiger partial charge in [-0.2, -0.15) is 0 Å². The Labute approximate surface area is 83.5 Å². The standard InChI is InChI=1S/C9H17N3O2/c1-9(2,13)4-5-12-6-7(10)8(11-12)14-3/h6,13H,4-5,10H2,1-3H3. The lowest BCUT2D eigenvalue weighted by atomic mass is 10.1. The van der Waals surface area contributed by atoms with E-state index >= 15 is 0 Å². The van der Waals surface area contributed by atoms with Crippen molar-refractivity contribution in [1.29, 1.82) is 0 Å². The Morgan fingerprint density at radius 3 is 2.71 bits per heavy atom. The number of methoxy groups -OCH3 is 1. The van der Waals surface area contributed by atoms with Gasteiger partial charge >= 0.3 is 0 Å². The number of nitrogens with zero attached hydrogens (tertiary/aromatic N) is 2. The summed E-state index contributed by atoms with van der Waals surface area (Å²) in [5.41, 5.74) is 5.45. The zero-order valence-corrected chi connectivity index (χ0v) is 8.82. The number of nitrogen functional groups attached to an aromatic ring is 1. The number of hydrogen-bond donors (Lipinski definition) is 2. The summed E-state index contributed by atoms with van der Waals surface area (Å²) in [5, 5.41) is 13.6. The van der Waals surface area contributed by atoms with Gasteiger partial charge in [0.15, 0.2) is 0 Å². The number of ether oxygens (including phenoxy) is 1. The maximum atomic E-state index is 9.51. The van der Waals surface area contributed by atoms with Crippen LogP contribution in [0.3, 0.4) is 0 Å². The van der Waals surface area contributed by atoms with Gasteiger partial charge in [0.1, 0.15) is 5.69 Å². The van der Waals surface area contributed by atoms with Gasteiger partial charge < -0.3 is 15.6 Å². The van der Waals surface area contributed by atoms with Crippen LogP contribution in [0.2, 0.25) is 0 Å². The summed E-state index contributed by atoms with van der Waals surface area (Å²) < 4.78 is 6.61. The zero-order chi connectivity index (χ0) is 10.8. The van der Waals surface area contributed by atoms with E-state index < -0.39 is 5.60 Å². The fourth-order valence-corrected chi connectivity index (χ4v) is 1.08. The topological polar surface area (TPSA) is 73.3 Å². The number of nitrogens with two attached hydrogens (primary N) is 1. The van der Waals surface area contributed by atoms with E-state index in [1.165, 1.54) is 7.11 Å². The van der Waals surface area contributed by atoms with E-state index in [0.29, 0.717) is 24.5 Å². The summed E-state index contributed by atoms with van der Waals surface area (Å²) in [4.78, 5) is 0. The first kappa shape index (κ1) is 10.8. The molecule has 0 unspecified atom stereocenters. The van der Waals surface area contributed by atoms with Crippen LogP contribution in [0.1, 0.15) is 20.3 Å². The van der Waals surface area contributed by atoms with Crippen LogP contribution >= 0.6 is 0 Å². The first-order chi connectivity index (χ1) is 6.42. The highest BCUT2D eigenvalue weighted by Gasteiger charge is 2.13. The first-order valence-electron chi connectivity index (χ1n) is 4.51. The monoisotopic (exact) mass is 199 g/mol. The molecule has 80 valence electrons. The summed E-state index contributed by atoms with van der Waals surface area (Å²) in [6.45, 7) is 4.14. The first-order valence-corrected chi connectivity index (χ1v) is 4.51. The number of aliphatic hydroxyl groups is 1. The second-order valence-corrected chi connectivity index (χ2v) is 3.92. The van der Waals surface area contributed by atoms with Crippen molar-refractivity contribution < 1.29 is 9.84 Å². The summed E-state index contributed by atoms with van der Waals surface area (Å²) in [5.74, 6) is 0.431. The van der Waals surface area contributed by atoms with Crippen molar-refractivity contribution in [2.45, 2.75) is 32.4 Å². The molecule has 0 aliphatic carbocycles. The molecule has 0 aliphatic heterocycles. The molecule has 0 atom stereocenters. The van der Waals surface area contributed by atoms with Gasteiger partial charge in [0.25, 0.3) is 5.88 Å². The van der Waals surface area contributed by atoms with E-state index in [2.05, 4.69) is 5.10 Å². The molecule has 5 heteroatoms. The maximum Gasteiger partial charge on any atom is 0.255 e. The molecule has 0 radical (unpaired) electrons. The second-order valence-electron chi connectivity index (χ2n) is 3.92. The summed E-state index contributed by atoms with van der Waals surface area (Å²) in [6.07, 6.45) is 2.32. The van der Waals surface area contributed by atoms with Crippen molar-refractivity contribution in [2.75, 3.05) is 12.8 Å². The molecule has 14 heavy (non-hydrogen) atoms. The van der Waals surface area contributed by atoms with Crippen molar-refractivity contribution >= 4 is 5.69 Å². The van der Waals surface area contributed by atoms with Gasteiger partial charge in [0.05, 0.1) is 18.9 Å². The highest BCUT2D eigenvalue weighted by molar-refractivity contribution is 5.45. The molecule has 0 bridgehead atoms. The third kappa shape index (κ3) is 2.92. The normalized spacial score (nSPS) is 11.7. The average molecular weight is 199 g/mol. The Kier molecular flexibility index (Phi) is 3.00. The van der Waals surface area contributed by atoms with Crippen LogP contribution in [-0.2, 0) is 6.54 Å². The van der Waals surface area contributed by atoms with Crippen LogP contribution in [0.25, 0.3) is 0 Å². The average Bonchev–Trinajstić information content (AvgIpc) is 2.42. The molecule has 1 rings (SSSR count). The lowest BCUT2D eigenvalue weighted by Crippen LogP contribution is -2.21. The molecule has 0 amide bonds. The van der Waals surface area contributed by atoms with Crippen molar-refractivity contribution in [3.63, 3.8) is 0 Å². The zero-order valence-electron chi connectivity index (χ0n) is 8.82. The predicted molar refractivity (Wildman–Crippen MR) is 54.1 cm³/mol. The molecule has 0 spiro atoms. The minimum Gasteiger partial charge on any atom is -0.478 e. The fraction of sp³-hybridized carbons (Fsp3) is 0.667. The molecule has 0 saturated heterocycles. The van der Waals surface area contributed by atoms with Crippen LogP contribution in [-0.4, -0.2) is 27.6 Å². The molecule has 1 aromatic heterocycles. The number of aromatic nitrogens is 2. The van der Waals surface area contributed by atoms with Crippen molar-refractivity contribution in [3.8, 4) is 5.88 Å².